The number of fused-ring (bicyclic) bond motifs is 10. The van der Waals surface area contributed by atoms with Gasteiger partial charge in [-0.05, 0) is 81.2 Å². The van der Waals surface area contributed by atoms with Crippen LogP contribution in [0.15, 0.2) is 173 Å². The Bertz CT molecular complexity index is 3050. The van der Waals surface area contributed by atoms with Crippen LogP contribution in [0.25, 0.3) is 104 Å². The van der Waals surface area contributed by atoms with Crippen LogP contribution >= 0.6 is 0 Å². The number of furan rings is 2. The Morgan fingerprint density at radius 2 is 1.08 bits per heavy atom. The van der Waals surface area contributed by atoms with E-state index in [0.29, 0.717) is 0 Å². The van der Waals surface area contributed by atoms with Gasteiger partial charge in [-0.1, -0.05) is 109 Å². The average Bonchev–Trinajstić information content (AvgIpc) is 3.88. The summed E-state index contributed by atoms with van der Waals surface area (Å²) in [5.74, 6) is 0. The van der Waals surface area contributed by atoms with Gasteiger partial charge in [0.25, 0.3) is 0 Å². The van der Waals surface area contributed by atoms with Crippen LogP contribution in [0.1, 0.15) is 0 Å². The van der Waals surface area contributed by atoms with Gasteiger partial charge in [0.05, 0.1) is 22.7 Å². The fourth-order valence-corrected chi connectivity index (χ4v) is 8.22. The minimum Gasteiger partial charge on any atom is -0.464 e. The second-order valence-corrected chi connectivity index (χ2v) is 12.8. The normalized spacial score (nSPS) is 12.1. The largest absolute Gasteiger partial charge is 0.464 e. The van der Waals surface area contributed by atoms with Gasteiger partial charge in [0, 0.05) is 38.4 Å². The molecule has 3 heterocycles. The Hall–Kier alpha value is -6.58. The molecule has 228 valence electrons. The van der Waals surface area contributed by atoms with E-state index in [9.17, 15) is 0 Å². The number of hydrogen-bond donors (Lipinski definition) is 0. The van der Waals surface area contributed by atoms with Gasteiger partial charge in [-0.2, -0.15) is 0 Å². The maximum absolute atomic E-state index is 6.69. The molecule has 3 heteroatoms. The van der Waals surface area contributed by atoms with E-state index < -0.39 is 0 Å². The molecule has 0 bridgehead atoms. The van der Waals surface area contributed by atoms with Gasteiger partial charge in [-0.25, -0.2) is 0 Å². The van der Waals surface area contributed by atoms with Crippen molar-refractivity contribution in [1.29, 1.82) is 0 Å². The summed E-state index contributed by atoms with van der Waals surface area (Å²) < 4.78 is 15.0. The number of nitrogens with zero attached hydrogens (tertiary/aromatic N) is 1. The zero-order chi connectivity index (χ0) is 32.1. The molecule has 0 N–H and O–H groups in total. The standard InChI is InChI=1S/C46H27NO2/c1-2-11-30(12-3-1)47-39-20-9-8-13-31(39)38-27-29(21-23-40(38)47)42-32-14-4-6-16-34(32)43(35-17-7-5-15-33(35)42)36-18-10-19-37-44-41(49-46(36)37)24-22-28-25-26-48-45(28)44/h1-27H. The molecule has 0 amide bonds. The molecule has 0 spiro atoms. The highest BCUT2D eigenvalue weighted by molar-refractivity contribution is 6.26. The Kier molecular flexibility index (Phi) is 5.38. The van der Waals surface area contributed by atoms with E-state index in [1.54, 1.807) is 6.26 Å². The third-order valence-electron chi connectivity index (χ3n) is 10.3. The van der Waals surface area contributed by atoms with E-state index in [-0.39, 0.29) is 0 Å². The number of hydrogen-bond acceptors (Lipinski definition) is 2. The van der Waals surface area contributed by atoms with Crippen LogP contribution < -0.4 is 0 Å². The van der Waals surface area contributed by atoms with Crippen molar-refractivity contribution in [3.05, 3.63) is 164 Å². The Morgan fingerprint density at radius 1 is 0.429 bits per heavy atom. The highest BCUT2D eigenvalue weighted by atomic mass is 16.3. The van der Waals surface area contributed by atoms with Crippen molar-refractivity contribution in [2.75, 3.05) is 0 Å². The second-order valence-electron chi connectivity index (χ2n) is 12.8. The number of aromatic nitrogens is 1. The molecule has 8 aromatic carbocycles. The molecule has 11 rings (SSSR count). The zero-order valence-electron chi connectivity index (χ0n) is 26.4. The first-order valence-electron chi connectivity index (χ1n) is 16.7. The van der Waals surface area contributed by atoms with Gasteiger partial charge >= 0.3 is 0 Å². The van der Waals surface area contributed by atoms with Crippen molar-refractivity contribution in [3.63, 3.8) is 0 Å². The molecule has 0 aliphatic rings. The molecule has 0 saturated heterocycles. The monoisotopic (exact) mass is 625 g/mol. The quantitative estimate of drug-likeness (QED) is 0.183. The molecule has 0 unspecified atom stereocenters. The van der Waals surface area contributed by atoms with Crippen molar-refractivity contribution in [1.82, 2.24) is 4.57 Å². The molecule has 3 aromatic heterocycles. The van der Waals surface area contributed by atoms with Crippen LogP contribution in [-0.2, 0) is 0 Å². The van der Waals surface area contributed by atoms with Crippen LogP contribution in [0.2, 0.25) is 0 Å². The number of rotatable bonds is 3. The van der Waals surface area contributed by atoms with Crippen LogP contribution in [0.3, 0.4) is 0 Å². The van der Waals surface area contributed by atoms with Gasteiger partial charge < -0.3 is 13.4 Å². The van der Waals surface area contributed by atoms with E-state index in [4.69, 9.17) is 8.83 Å². The lowest BCUT2D eigenvalue weighted by Crippen LogP contribution is -1.93. The summed E-state index contributed by atoms with van der Waals surface area (Å²) in [6.45, 7) is 0. The van der Waals surface area contributed by atoms with Gasteiger partial charge in [0.15, 0.2) is 0 Å². The summed E-state index contributed by atoms with van der Waals surface area (Å²) in [6, 6.07) is 56.6. The summed E-state index contributed by atoms with van der Waals surface area (Å²) in [6.07, 6.45) is 1.75. The summed E-state index contributed by atoms with van der Waals surface area (Å²) in [5.41, 5.74) is 10.8. The minimum absolute atomic E-state index is 0.832. The molecule has 0 saturated carbocycles. The Balaban J connectivity index is 1.22. The summed E-state index contributed by atoms with van der Waals surface area (Å²) in [4.78, 5) is 0. The second kappa shape index (κ2) is 9.96. The molecule has 0 atom stereocenters. The Morgan fingerprint density at radius 3 is 1.86 bits per heavy atom. The fraction of sp³-hybridized carbons (Fsp3) is 0. The first-order chi connectivity index (χ1) is 24.3. The van der Waals surface area contributed by atoms with Crippen molar-refractivity contribution in [2.45, 2.75) is 0 Å². The SMILES string of the molecule is c1ccc(-n2c3ccccc3c3cc(-c4c5ccccc5c(-c5cccc6c5oc5ccc7ccoc7c56)c5ccccc45)ccc32)cc1. The maximum atomic E-state index is 6.69. The average molecular weight is 626 g/mol. The fourth-order valence-electron chi connectivity index (χ4n) is 8.22. The molecule has 0 aliphatic carbocycles. The molecular weight excluding hydrogens is 599 g/mol. The van der Waals surface area contributed by atoms with Crippen molar-refractivity contribution in [2.24, 2.45) is 0 Å². The van der Waals surface area contributed by atoms with Gasteiger partial charge in [-0.15, -0.1) is 0 Å². The van der Waals surface area contributed by atoms with Gasteiger partial charge in [0.1, 0.15) is 16.7 Å². The van der Waals surface area contributed by atoms with Crippen molar-refractivity contribution in [3.8, 4) is 27.9 Å². The Labute approximate surface area is 280 Å². The lowest BCUT2D eigenvalue weighted by Gasteiger charge is -2.18. The predicted octanol–water partition coefficient (Wildman–Crippen LogP) is 13.1. The van der Waals surface area contributed by atoms with E-state index >= 15 is 0 Å². The van der Waals surface area contributed by atoms with E-state index in [1.807, 2.05) is 6.07 Å². The highest BCUT2D eigenvalue weighted by Gasteiger charge is 2.22. The highest BCUT2D eigenvalue weighted by Crippen LogP contribution is 2.48. The van der Waals surface area contributed by atoms with Gasteiger partial charge in [0.2, 0.25) is 0 Å². The molecule has 0 radical (unpaired) electrons. The topological polar surface area (TPSA) is 31.2 Å². The number of benzene rings is 8. The van der Waals surface area contributed by atoms with Crippen molar-refractivity contribution >= 4 is 76.3 Å². The molecule has 0 aliphatic heterocycles. The first-order valence-corrected chi connectivity index (χ1v) is 16.7. The smallest absolute Gasteiger partial charge is 0.145 e. The molecule has 11 aromatic rings. The lowest BCUT2D eigenvalue weighted by molar-refractivity contribution is 0.618. The van der Waals surface area contributed by atoms with Crippen molar-refractivity contribution < 1.29 is 8.83 Å². The summed E-state index contributed by atoms with van der Waals surface area (Å²) >= 11 is 0. The lowest BCUT2D eigenvalue weighted by atomic mass is 9.85. The van der Waals surface area contributed by atoms with E-state index in [1.165, 1.54) is 60.0 Å². The molecule has 0 fully saturated rings. The third-order valence-corrected chi connectivity index (χ3v) is 10.3. The summed E-state index contributed by atoms with van der Waals surface area (Å²) in [5, 5.41) is 10.5. The van der Waals surface area contributed by atoms with E-state index in [0.717, 1.165) is 44.2 Å². The van der Waals surface area contributed by atoms with Crippen LogP contribution in [0, 0.1) is 0 Å². The van der Waals surface area contributed by atoms with Crippen LogP contribution in [0.5, 0.6) is 0 Å². The number of para-hydroxylation sites is 3. The molecule has 3 nitrogen and oxygen atoms in total. The van der Waals surface area contributed by atoms with Gasteiger partial charge in [-0.3, -0.25) is 0 Å². The molecular formula is C46H27NO2. The molecule has 49 heavy (non-hydrogen) atoms. The summed E-state index contributed by atoms with van der Waals surface area (Å²) in [7, 11) is 0. The van der Waals surface area contributed by atoms with Crippen LogP contribution in [-0.4, -0.2) is 4.57 Å². The maximum Gasteiger partial charge on any atom is 0.145 e. The predicted molar refractivity (Wildman–Crippen MR) is 204 cm³/mol. The van der Waals surface area contributed by atoms with E-state index in [2.05, 4.69) is 156 Å². The minimum atomic E-state index is 0.832. The first kappa shape index (κ1) is 26.5. The third kappa shape index (κ3) is 3.67. The zero-order valence-corrected chi connectivity index (χ0v) is 26.4. The van der Waals surface area contributed by atoms with Crippen LogP contribution in [0.4, 0.5) is 0 Å².